The molecule has 28 heavy (non-hydrogen) atoms. The van der Waals surface area contributed by atoms with E-state index >= 15 is 0 Å². The first kappa shape index (κ1) is 18.4. The van der Waals surface area contributed by atoms with Crippen molar-refractivity contribution in [2.75, 3.05) is 0 Å². The summed E-state index contributed by atoms with van der Waals surface area (Å²) in [5.41, 5.74) is 3.45. The van der Waals surface area contributed by atoms with Crippen LogP contribution >= 0.6 is 11.6 Å². The van der Waals surface area contributed by atoms with Crippen LogP contribution in [0.25, 0.3) is 28.2 Å². The number of nitrogens with zero attached hydrogens (tertiary/aromatic N) is 3. The smallest absolute Gasteiger partial charge is 0.240 e. The fourth-order valence-electron chi connectivity index (χ4n) is 2.93. The molecule has 8 heteroatoms. The number of para-hydroxylation sites is 1. The van der Waals surface area contributed by atoms with Gasteiger partial charge in [-0.2, -0.15) is 5.10 Å². The van der Waals surface area contributed by atoms with Crippen molar-refractivity contribution < 1.29 is 8.42 Å². The molecule has 4 aromatic rings. The van der Waals surface area contributed by atoms with Crippen molar-refractivity contribution in [1.29, 1.82) is 0 Å². The monoisotopic (exact) mass is 410 g/mol. The Kier molecular flexibility index (Phi) is 4.72. The van der Waals surface area contributed by atoms with Crippen LogP contribution < -0.4 is 5.14 Å². The molecular formula is C20H15ClN4O2S. The van der Waals surface area contributed by atoms with Gasteiger partial charge in [0, 0.05) is 28.5 Å². The molecule has 0 aliphatic rings. The Labute approximate surface area is 167 Å². The zero-order valence-corrected chi connectivity index (χ0v) is 16.1. The summed E-state index contributed by atoms with van der Waals surface area (Å²) < 4.78 is 25.8. The Hall–Kier alpha value is -3.00. The van der Waals surface area contributed by atoms with Crippen molar-refractivity contribution in [2.45, 2.75) is 4.90 Å². The molecule has 2 N–H and O–H groups in total. The lowest BCUT2D eigenvalue weighted by Crippen LogP contribution is -2.16. The van der Waals surface area contributed by atoms with Crippen molar-refractivity contribution in [2.24, 2.45) is 5.14 Å². The van der Waals surface area contributed by atoms with E-state index in [9.17, 15) is 8.42 Å². The van der Waals surface area contributed by atoms with Crippen molar-refractivity contribution in [1.82, 2.24) is 14.8 Å². The first-order chi connectivity index (χ1) is 13.4. The van der Waals surface area contributed by atoms with Gasteiger partial charge in [-0.05, 0) is 42.5 Å². The SMILES string of the molecule is NS(=O)(=O)c1ccccc1-n1nc(-c2ccc(Cl)cc2)cc1-c1ccncc1. The lowest BCUT2D eigenvalue weighted by molar-refractivity contribution is 0.596. The summed E-state index contributed by atoms with van der Waals surface area (Å²) in [5, 5.41) is 10.7. The van der Waals surface area contributed by atoms with Gasteiger partial charge in [0.15, 0.2) is 0 Å². The number of sulfonamides is 1. The highest BCUT2D eigenvalue weighted by molar-refractivity contribution is 7.89. The van der Waals surface area contributed by atoms with Gasteiger partial charge in [-0.1, -0.05) is 35.9 Å². The Bertz CT molecular complexity index is 1240. The summed E-state index contributed by atoms with van der Waals surface area (Å²) in [6.07, 6.45) is 3.33. The van der Waals surface area contributed by atoms with Crippen molar-refractivity contribution in [3.05, 3.63) is 84.1 Å². The maximum Gasteiger partial charge on any atom is 0.240 e. The van der Waals surface area contributed by atoms with Crippen LogP contribution in [0, 0.1) is 0 Å². The zero-order chi connectivity index (χ0) is 19.7. The number of halogens is 1. The molecule has 0 amide bonds. The molecule has 0 spiro atoms. The molecule has 2 aromatic carbocycles. The van der Waals surface area contributed by atoms with Crippen LogP contribution in [-0.2, 0) is 10.0 Å². The van der Waals surface area contributed by atoms with E-state index in [2.05, 4.69) is 10.1 Å². The first-order valence-electron chi connectivity index (χ1n) is 8.32. The first-order valence-corrected chi connectivity index (χ1v) is 10.2. The molecule has 0 aliphatic heterocycles. The zero-order valence-electron chi connectivity index (χ0n) is 14.5. The summed E-state index contributed by atoms with van der Waals surface area (Å²) in [6, 6.07) is 19.3. The second-order valence-corrected chi connectivity index (χ2v) is 8.05. The maximum absolute atomic E-state index is 12.1. The number of primary sulfonamides is 1. The van der Waals surface area contributed by atoms with E-state index in [-0.39, 0.29) is 4.90 Å². The van der Waals surface area contributed by atoms with Crippen LogP contribution in [0.2, 0.25) is 5.02 Å². The molecule has 0 unspecified atom stereocenters. The van der Waals surface area contributed by atoms with Crippen LogP contribution in [0.15, 0.2) is 84.0 Å². The summed E-state index contributed by atoms with van der Waals surface area (Å²) in [5.74, 6) is 0. The fourth-order valence-corrected chi connectivity index (χ4v) is 3.77. The van der Waals surface area contributed by atoms with Gasteiger partial charge in [0.2, 0.25) is 10.0 Å². The number of rotatable bonds is 4. The molecule has 0 saturated carbocycles. The van der Waals surface area contributed by atoms with Gasteiger partial charge in [0.25, 0.3) is 0 Å². The molecular weight excluding hydrogens is 396 g/mol. The fraction of sp³-hybridized carbons (Fsp3) is 0. The van der Waals surface area contributed by atoms with Crippen LogP contribution in [0.1, 0.15) is 0 Å². The second kappa shape index (κ2) is 7.20. The molecule has 0 radical (unpaired) electrons. The summed E-state index contributed by atoms with van der Waals surface area (Å²) in [4.78, 5) is 4.04. The lowest BCUT2D eigenvalue weighted by atomic mass is 10.1. The maximum atomic E-state index is 12.1. The number of hydrogen-bond donors (Lipinski definition) is 1. The molecule has 2 heterocycles. The van der Waals surface area contributed by atoms with E-state index < -0.39 is 10.0 Å². The van der Waals surface area contributed by atoms with Crippen molar-refractivity contribution in [3.63, 3.8) is 0 Å². The summed E-state index contributed by atoms with van der Waals surface area (Å²) >= 11 is 5.99. The molecule has 0 bridgehead atoms. The topological polar surface area (TPSA) is 90.9 Å². The van der Waals surface area contributed by atoms with Crippen LogP contribution in [-0.4, -0.2) is 23.2 Å². The van der Waals surface area contributed by atoms with Gasteiger partial charge in [0.05, 0.1) is 17.1 Å². The Balaban J connectivity index is 1.98. The van der Waals surface area contributed by atoms with Gasteiger partial charge in [-0.25, -0.2) is 18.2 Å². The van der Waals surface area contributed by atoms with E-state index in [1.165, 1.54) is 6.07 Å². The second-order valence-electron chi connectivity index (χ2n) is 6.08. The lowest BCUT2D eigenvalue weighted by Gasteiger charge is -2.11. The van der Waals surface area contributed by atoms with Crippen molar-refractivity contribution >= 4 is 21.6 Å². The Morgan fingerprint density at radius 2 is 1.57 bits per heavy atom. The molecule has 0 atom stereocenters. The highest BCUT2D eigenvalue weighted by Gasteiger charge is 2.20. The van der Waals surface area contributed by atoms with E-state index in [1.807, 2.05) is 30.3 Å². The molecule has 0 fully saturated rings. The minimum absolute atomic E-state index is 0.00365. The Morgan fingerprint density at radius 1 is 0.893 bits per heavy atom. The van der Waals surface area contributed by atoms with Gasteiger partial charge < -0.3 is 0 Å². The molecule has 6 nitrogen and oxygen atoms in total. The number of nitrogens with two attached hydrogens (primary N) is 1. The van der Waals surface area contributed by atoms with E-state index in [0.717, 1.165) is 11.1 Å². The minimum atomic E-state index is -3.93. The third-order valence-corrected chi connectivity index (χ3v) is 5.44. The predicted molar refractivity (Wildman–Crippen MR) is 109 cm³/mol. The molecule has 0 aliphatic carbocycles. The standard InChI is InChI=1S/C20H15ClN4O2S/c21-16-7-5-14(6-8-16)17-13-19(15-9-11-23-12-10-15)25(24-17)18-3-1-2-4-20(18)28(22,26)27/h1-13H,(H2,22,26,27). The number of aromatic nitrogens is 3. The molecule has 2 aromatic heterocycles. The molecule has 140 valence electrons. The normalized spacial score (nSPS) is 11.5. The molecule has 0 saturated heterocycles. The van der Waals surface area contributed by atoms with Crippen LogP contribution in [0.5, 0.6) is 0 Å². The number of pyridine rings is 1. The average molecular weight is 411 g/mol. The van der Waals surface area contributed by atoms with Gasteiger partial charge >= 0.3 is 0 Å². The summed E-state index contributed by atoms with van der Waals surface area (Å²) in [6.45, 7) is 0. The minimum Gasteiger partial charge on any atom is -0.265 e. The highest BCUT2D eigenvalue weighted by atomic mass is 35.5. The predicted octanol–water partition coefficient (Wildman–Crippen LogP) is 3.90. The van der Waals surface area contributed by atoms with Gasteiger partial charge in [-0.3, -0.25) is 4.98 Å². The number of benzene rings is 2. The van der Waals surface area contributed by atoms with Crippen molar-refractivity contribution in [3.8, 4) is 28.2 Å². The summed E-state index contributed by atoms with van der Waals surface area (Å²) in [7, 11) is -3.93. The third kappa shape index (κ3) is 3.55. The van der Waals surface area contributed by atoms with Gasteiger partial charge in [-0.15, -0.1) is 0 Å². The Morgan fingerprint density at radius 3 is 2.25 bits per heavy atom. The van der Waals surface area contributed by atoms with E-state index in [1.54, 1.807) is 47.4 Å². The largest absolute Gasteiger partial charge is 0.265 e. The molecule has 4 rings (SSSR count). The number of hydrogen-bond acceptors (Lipinski definition) is 4. The highest BCUT2D eigenvalue weighted by Crippen LogP contribution is 2.31. The van der Waals surface area contributed by atoms with Crippen LogP contribution in [0.4, 0.5) is 0 Å². The quantitative estimate of drug-likeness (QED) is 0.552. The van der Waals surface area contributed by atoms with Gasteiger partial charge in [0.1, 0.15) is 4.90 Å². The average Bonchev–Trinajstić information content (AvgIpc) is 3.14. The van der Waals surface area contributed by atoms with E-state index in [0.29, 0.717) is 22.1 Å². The van der Waals surface area contributed by atoms with E-state index in [4.69, 9.17) is 16.7 Å². The third-order valence-electron chi connectivity index (χ3n) is 4.23. The van der Waals surface area contributed by atoms with Crippen LogP contribution in [0.3, 0.4) is 0 Å².